The van der Waals surface area contributed by atoms with Crippen LogP contribution in [0.2, 0.25) is 0 Å². The van der Waals surface area contributed by atoms with E-state index in [2.05, 4.69) is 41.8 Å². The first-order chi connectivity index (χ1) is 23.1. The second-order valence-corrected chi connectivity index (χ2v) is 11.7. The van der Waals surface area contributed by atoms with Crippen LogP contribution < -0.4 is 16.4 Å². The summed E-state index contributed by atoms with van der Waals surface area (Å²) in [6.07, 6.45) is 8.97. The van der Waals surface area contributed by atoms with Crippen molar-refractivity contribution in [3.8, 4) is 11.1 Å². The van der Waals surface area contributed by atoms with Crippen molar-refractivity contribution in [2.75, 3.05) is 19.7 Å². The Kier molecular flexibility index (Phi) is 22.4. The molecule has 0 aliphatic heterocycles. The van der Waals surface area contributed by atoms with Gasteiger partial charge in [0.25, 0.3) is 0 Å². The van der Waals surface area contributed by atoms with Gasteiger partial charge in [-0.25, -0.2) is 0 Å². The van der Waals surface area contributed by atoms with E-state index in [1.165, 1.54) is 25.7 Å². The van der Waals surface area contributed by atoms with Crippen LogP contribution in [0.5, 0.6) is 0 Å². The molecule has 2 atom stereocenters. The number of carboxylic acids is 2. The molecule has 0 saturated carbocycles. The number of carboxylic acid groups (broad SMARTS) is 2. The third-order valence-corrected chi connectivity index (χ3v) is 7.68. The Bertz CT molecular complexity index is 1220. The smallest absolute Gasteiger partial charge is 0.320 e. The molecule has 6 N–H and O–H groups in total. The highest BCUT2D eigenvalue weighted by Crippen LogP contribution is 2.22. The number of esters is 1. The van der Waals surface area contributed by atoms with E-state index in [0.29, 0.717) is 39.0 Å². The summed E-state index contributed by atoms with van der Waals surface area (Å²) in [5.74, 6) is -3.18. The van der Waals surface area contributed by atoms with E-state index in [9.17, 15) is 24.0 Å². The van der Waals surface area contributed by atoms with Crippen LogP contribution in [0.1, 0.15) is 96.5 Å². The molecule has 0 aliphatic carbocycles. The first-order valence-corrected chi connectivity index (χ1v) is 17.1. The van der Waals surface area contributed by atoms with Crippen LogP contribution in [0.25, 0.3) is 11.1 Å². The van der Waals surface area contributed by atoms with E-state index in [1.807, 2.05) is 30.3 Å². The van der Waals surface area contributed by atoms with Gasteiger partial charge >= 0.3 is 17.9 Å². The maximum Gasteiger partial charge on any atom is 0.320 e. The molecular formula is C37H55N3O8. The zero-order valence-electron chi connectivity index (χ0n) is 28.6. The number of ether oxygens (including phenoxy) is 1. The Balaban J connectivity index is 0.000000549. The van der Waals surface area contributed by atoms with Crippen molar-refractivity contribution < 1.29 is 38.9 Å². The van der Waals surface area contributed by atoms with Gasteiger partial charge in [-0.15, -0.1) is 0 Å². The Labute approximate surface area is 285 Å². The zero-order valence-corrected chi connectivity index (χ0v) is 28.6. The second kappa shape index (κ2) is 25.8. The number of aliphatic carboxylic acids is 2. The molecule has 2 aromatic carbocycles. The van der Waals surface area contributed by atoms with Crippen LogP contribution in [0.15, 0.2) is 54.6 Å². The van der Waals surface area contributed by atoms with Crippen LogP contribution in [0, 0.1) is 5.92 Å². The van der Waals surface area contributed by atoms with Gasteiger partial charge in [-0.3, -0.25) is 24.0 Å². The van der Waals surface area contributed by atoms with Gasteiger partial charge in [-0.2, -0.15) is 0 Å². The molecule has 266 valence electrons. The molecule has 0 spiro atoms. The Morgan fingerprint density at radius 1 is 0.750 bits per heavy atom. The summed E-state index contributed by atoms with van der Waals surface area (Å²) in [6.45, 7) is 5.38. The number of nitrogens with two attached hydrogens (primary N) is 1. The predicted octanol–water partition coefficient (Wildman–Crippen LogP) is 5.49. The number of carbonyl (C=O) groups excluding carboxylic acids is 3. The third-order valence-electron chi connectivity index (χ3n) is 7.68. The van der Waals surface area contributed by atoms with Gasteiger partial charge in [0.1, 0.15) is 6.04 Å². The summed E-state index contributed by atoms with van der Waals surface area (Å²) in [7, 11) is 0. The number of unbranched alkanes of at least 4 members (excludes halogenated alkanes) is 5. The van der Waals surface area contributed by atoms with Crippen LogP contribution in [0.4, 0.5) is 0 Å². The van der Waals surface area contributed by atoms with E-state index in [1.54, 1.807) is 6.92 Å². The predicted molar refractivity (Wildman–Crippen MR) is 186 cm³/mol. The molecule has 1 unspecified atom stereocenters. The van der Waals surface area contributed by atoms with Crippen LogP contribution >= 0.6 is 0 Å². The second-order valence-electron chi connectivity index (χ2n) is 11.7. The van der Waals surface area contributed by atoms with Gasteiger partial charge in [0.2, 0.25) is 11.8 Å². The molecule has 0 heterocycles. The summed E-state index contributed by atoms with van der Waals surface area (Å²) >= 11 is 0. The van der Waals surface area contributed by atoms with Gasteiger partial charge in [-0.05, 0) is 62.3 Å². The van der Waals surface area contributed by atoms with Crippen molar-refractivity contribution in [1.82, 2.24) is 10.6 Å². The quantitative estimate of drug-likeness (QED) is 0.0712. The maximum atomic E-state index is 12.4. The number of rotatable bonds is 24. The highest BCUT2D eigenvalue weighted by molar-refractivity contribution is 5.80. The van der Waals surface area contributed by atoms with Gasteiger partial charge < -0.3 is 31.3 Å². The topological polar surface area (TPSA) is 185 Å². The summed E-state index contributed by atoms with van der Waals surface area (Å²) in [5, 5.41) is 23.2. The normalized spacial score (nSPS) is 11.8. The molecule has 0 bridgehead atoms. The molecule has 11 nitrogen and oxygen atoms in total. The lowest BCUT2D eigenvalue weighted by atomic mass is 9.93. The monoisotopic (exact) mass is 669 g/mol. The van der Waals surface area contributed by atoms with E-state index >= 15 is 0 Å². The Hall–Kier alpha value is -4.25. The average Bonchev–Trinajstić information content (AvgIpc) is 3.07. The highest BCUT2D eigenvalue weighted by Gasteiger charge is 2.20. The standard InChI is InChI=1S/C24H29NO5.C13H26N2O3/c1-2-30-24(29)21(9-6-16-25-22(26)14-15-23(27)28)17-18-10-12-20(13-11-18)19-7-4-3-5-8-19;1-2-3-4-5-6-7-10-15-11(13(17)18)8-9-12(14)16/h3-5,7-8,10-13,21H,2,6,9,14-17H2,1H3,(H,25,26)(H,27,28);11,15H,2-10H2,1H3,(H2,14,16)(H,17,18)/t;11-/m.1/s1. The molecular weight excluding hydrogens is 614 g/mol. The fourth-order valence-corrected chi connectivity index (χ4v) is 4.98. The van der Waals surface area contributed by atoms with Crippen LogP contribution in [-0.4, -0.2) is 65.7 Å². The van der Waals surface area contributed by atoms with Gasteiger partial charge in [0.05, 0.1) is 18.9 Å². The number of nitrogens with one attached hydrogen (secondary N) is 2. The van der Waals surface area contributed by atoms with Crippen molar-refractivity contribution >= 4 is 29.7 Å². The van der Waals surface area contributed by atoms with E-state index in [0.717, 1.165) is 29.5 Å². The number of hydrogen-bond acceptors (Lipinski definition) is 7. The maximum absolute atomic E-state index is 12.4. The van der Waals surface area contributed by atoms with E-state index in [-0.39, 0.29) is 43.5 Å². The largest absolute Gasteiger partial charge is 0.481 e. The molecule has 2 aromatic rings. The molecule has 48 heavy (non-hydrogen) atoms. The molecule has 0 fully saturated rings. The van der Waals surface area contributed by atoms with Crippen molar-refractivity contribution in [2.45, 2.75) is 103 Å². The Morgan fingerprint density at radius 3 is 2.00 bits per heavy atom. The van der Waals surface area contributed by atoms with Gasteiger partial charge in [-0.1, -0.05) is 93.6 Å². The summed E-state index contributed by atoms with van der Waals surface area (Å²) < 4.78 is 5.22. The molecule has 2 amide bonds. The van der Waals surface area contributed by atoms with Crippen molar-refractivity contribution in [3.05, 3.63) is 60.2 Å². The molecule has 11 heteroatoms. The molecule has 2 rings (SSSR count). The zero-order chi connectivity index (χ0) is 35.6. The first-order valence-electron chi connectivity index (χ1n) is 17.1. The minimum Gasteiger partial charge on any atom is -0.481 e. The molecule has 0 aliphatic rings. The minimum absolute atomic E-state index is 0.0373. The number of amides is 2. The van der Waals surface area contributed by atoms with E-state index < -0.39 is 23.9 Å². The minimum atomic E-state index is -0.995. The Morgan fingerprint density at radius 2 is 1.40 bits per heavy atom. The van der Waals surface area contributed by atoms with E-state index in [4.69, 9.17) is 20.7 Å². The van der Waals surface area contributed by atoms with Gasteiger partial charge in [0, 0.05) is 19.4 Å². The lowest BCUT2D eigenvalue weighted by molar-refractivity contribution is -0.148. The first kappa shape index (κ1) is 41.8. The average molecular weight is 670 g/mol. The summed E-state index contributed by atoms with van der Waals surface area (Å²) in [4.78, 5) is 56.0. The summed E-state index contributed by atoms with van der Waals surface area (Å²) in [6, 6.07) is 17.6. The van der Waals surface area contributed by atoms with Crippen molar-refractivity contribution in [2.24, 2.45) is 11.7 Å². The van der Waals surface area contributed by atoms with Crippen LogP contribution in [0.3, 0.4) is 0 Å². The number of hydrogen-bond donors (Lipinski definition) is 5. The molecule has 0 saturated heterocycles. The number of carbonyl (C=O) groups is 5. The summed E-state index contributed by atoms with van der Waals surface area (Å²) in [5.41, 5.74) is 8.32. The highest BCUT2D eigenvalue weighted by atomic mass is 16.5. The lowest BCUT2D eigenvalue weighted by Gasteiger charge is -2.16. The molecule has 0 radical (unpaired) electrons. The fraction of sp³-hybridized carbons (Fsp3) is 0.541. The number of primary amides is 1. The molecule has 0 aromatic heterocycles. The SMILES string of the molecule is CCCCCCCCN[C@H](CCC(N)=O)C(=O)O.CCOC(=O)C(CCCNC(=O)CCC(=O)O)Cc1ccc(-c2ccccc2)cc1. The lowest BCUT2D eigenvalue weighted by Crippen LogP contribution is -2.38. The van der Waals surface area contributed by atoms with Crippen LogP contribution in [-0.2, 0) is 35.1 Å². The fourth-order valence-electron chi connectivity index (χ4n) is 4.98. The third kappa shape index (κ3) is 20.1. The van der Waals surface area contributed by atoms with Crippen molar-refractivity contribution in [1.29, 1.82) is 0 Å². The van der Waals surface area contributed by atoms with Gasteiger partial charge in [0.15, 0.2) is 0 Å². The van der Waals surface area contributed by atoms with Crippen molar-refractivity contribution in [3.63, 3.8) is 0 Å². The number of benzene rings is 2.